The van der Waals surface area contributed by atoms with Crippen LogP contribution in [-0.4, -0.2) is 60.6 Å². The van der Waals surface area contributed by atoms with Gasteiger partial charge in [0.1, 0.15) is 0 Å². The molecule has 4 nitrogen and oxygen atoms in total. The number of hydrogen-bond acceptors (Lipinski definition) is 3. The minimum atomic E-state index is 0.234. The first kappa shape index (κ1) is 19.9. The Balaban J connectivity index is 1.91. The lowest BCUT2D eigenvalue weighted by Crippen LogP contribution is -2.50. The first-order valence-electron chi connectivity index (χ1n) is 9.53. The third-order valence-electron chi connectivity index (χ3n) is 5.64. The van der Waals surface area contributed by atoms with E-state index in [2.05, 4.69) is 51.0 Å². The van der Waals surface area contributed by atoms with Gasteiger partial charge in [0.15, 0.2) is 0 Å². The predicted octanol–water partition coefficient (Wildman–Crippen LogP) is 2.79. The summed E-state index contributed by atoms with van der Waals surface area (Å²) < 4.78 is 0. The fourth-order valence-corrected chi connectivity index (χ4v) is 3.93. The molecule has 1 aliphatic heterocycles. The Labute approximate surface area is 152 Å². The van der Waals surface area contributed by atoms with Gasteiger partial charge < -0.3 is 14.9 Å². The van der Waals surface area contributed by atoms with E-state index in [0.29, 0.717) is 18.4 Å². The van der Waals surface area contributed by atoms with Crippen LogP contribution in [0.1, 0.15) is 42.4 Å². The number of amides is 1. The summed E-state index contributed by atoms with van der Waals surface area (Å²) in [5, 5.41) is 9.15. The number of aryl methyl sites for hydroxylation is 3. The van der Waals surface area contributed by atoms with Crippen molar-refractivity contribution in [3.05, 3.63) is 34.9 Å². The fourth-order valence-electron chi connectivity index (χ4n) is 3.93. The Hall–Kier alpha value is -1.39. The molecule has 1 N–H and O–H groups in total. The molecule has 1 aromatic carbocycles. The van der Waals surface area contributed by atoms with Crippen molar-refractivity contribution in [1.82, 2.24) is 9.80 Å². The van der Waals surface area contributed by atoms with Crippen LogP contribution in [0.3, 0.4) is 0 Å². The molecular weight excluding hydrogens is 312 g/mol. The van der Waals surface area contributed by atoms with E-state index < -0.39 is 0 Å². The van der Waals surface area contributed by atoms with Gasteiger partial charge in [-0.3, -0.25) is 4.79 Å². The van der Waals surface area contributed by atoms with E-state index in [0.717, 1.165) is 38.8 Å². The Morgan fingerprint density at radius 3 is 2.68 bits per heavy atom. The lowest BCUT2D eigenvalue weighted by Gasteiger charge is -2.41. The van der Waals surface area contributed by atoms with Crippen LogP contribution in [0.15, 0.2) is 18.2 Å². The number of likely N-dealkylation sites (tertiary alicyclic amines) is 1. The van der Waals surface area contributed by atoms with Gasteiger partial charge in [0.25, 0.3) is 0 Å². The Kier molecular flexibility index (Phi) is 7.45. The second-order valence-electron chi connectivity index (χ2n) is 7.70. The number of piperidine rings is 1. The zero-order valence-corrected chi connectivity index (χ0v) is 16.3. The maximum absolute atomic E-state index is 12.7. The molecule has 1 aromatic rings. The number of carbonyl (C=O) groups excluding carboxylic acids is 1. The van der Waals surface area contributed by atoms with Gasteiger partial charge in [0, 0.05) is 32.2 Å². The van der Waals surface area contributed by atoms with Crippen molar-refractivity contribution < 1.29 is 9.90 Å². The maximum Gasteiger partial charge on any atom is 0.222 e. The normalized spacial score (nSPS) is 21.0. The van der Waals surface area contributed by atoms with Crippen molar-refractivity contribution in [1.29, 1.82) is 0 Å². The molecule has 0 spiro atoms. The highest BCUT2D eigenvalue weighted by Crippen LogP contribution is 2.25. The molecular formula is C21H34N2O2. The van der Waals surface area contributed by atoms with Crippen molar-refractivity contribution in [2.45, 2.75) is 52.0 Å². The molecule has 0 unspecified atom stereocenters. The van der Waals surface area contributed by atoms with Crippen LogP contribution < -0.4 is 0 Å². The molecule has 2 rings (SSSR count). The van der Waals surface area contributed by atoms with E-state index in [1.807, 2.05) is 4.90 Å². The first-order valence-corrected chi connectivity index (χ1v) is 9.53. The minimum Gasteiger partial charge on any atom is -0.396 e. The van der Waals surface area contributed by atoms with E-state index in [1.54, 1.807) is 0 Å². The molecule has 1 heterocycles. The van der Waals surface area contributed by atoms with Gasteiger partial charge in [0.05, 0.1) is 0 Å². The highest BCUT2D eigenvalue weighted by Gasteiger charge is 2.31. The Bertz CT molecular complexity index is 571. The second-order valence-corrected chi connectivity index (χ2v) is 7.70. The average Bonchev–Trinajstić information content (AvgIpc) is 2.60. The van der Waals surface area contributed by atoms with E-state index in [1.165, 1.54) is 16.7 Å². The topological polar surface area (TPSA) is 43.8 Å². The molecule has 0 saturated carbocycles. The predicted molar refractivity (Wildman–Crippen MR) is 103 cm³/mol. The Morgan fingerprint density at radius 2 is 2.04 bits per heavy atom. The van der Waals surface area contributed by atoms with Crippen LogP contribution in [0.4, 0.5) is 0 Å². The molecule has 2 atom stereocenters. The Morgan fingerprint density at radius 1 is 1.28 bits per heavy atom. The van der Waals surface area contributed by atoms with Gasteiger partial charge >= 0.3 is 0 Å². The lowest BCUT2D eigenvalue weighted by molar-refractivity contribution is -0.134. The van der Waals surface area contributed by atoms with Crippen LogP contribution in [-0.2, 0) is 11.2 Å². The summed E-state index contributed by atoms with van der Waals surface area (Å²) >= 11 is 0. The minimum absolute atomic E-state index is 0.234. The van der Waals surface area contributed by atoms with Gasteiger partial charge in [-0.2, -0.15) is 0 Å². The van der Waals surface area contributed by atoms with Crippen LogP contribution in [0.2, 0.25) is 0 Å². The van der Waals surface area contributed by atoms with Crippen LogP contribution in [0, 0.1) is 19.8 Å². The summed E-state index contributed by atoms with van der Waals surface area (Å²) in [6.45, 7) is 6.15. The molecule has 1 amide bonds. The molecule has 0 bridgehead atoms. The monoisotopic (exact) mass is 346 g/mol. The quantitative estimate of drug-likeness (QED) is 0.826. The standard InChI is InChI=1S/C21H34N2O2/c1-16-7-8-18(14-17(16)2)9-10-21(25)23-12-11-20(22(3)4)19(15-23)6-5-13-24/h7-8,14,19-20,24H,5-6,9-13,15H2,1-4H3/t19-,20+/m1/s1. The van der Waals surface area contributed by atoms with Crippen LogP contribution in [0.25, 0.3) is 0 Å². The summed E-state index contributed by atoms with van der Waals surface area (Å²) in [6.07, 6.45) is 4.23. The summed E-state index contributed by atoms with van der Waals surface area (Å²) in [5.74, 6) is 0.728. The van der Waals surface area contributed by atoms with E-state index in [-0.39, 0.29) is 12.5 Å². The average molecular weight is 347 g/mol. The number of hydrogen-bond donors (Lipinski definition) is 1. The lowest BCUT2D eigenvalue weighted by atomic mass is 9.87. The van der Waals surface area contributed by atoms with Crippen molar-refractivity contribution >= 4 is 5.91 Å². The molecule has 0 radical (unpaired) electrons. The molecule has 1 aliphatic rings. The number of aliphatic hydroxyl groups excluding tert-OH is 1. The highest BCUT2D eigenvalue weighted by atomic mass is 16.2. The van der Waals surface area contributed by atoms with E-state index in [9.17, 15) is 4.79 Å². The summed E-state index contributed by atoms with van der Waals surface area (Å²) in [6, 6.07) is 6.99. The van der Waals surface area contributed by atoms with Gasteiger partial charge in [-0.15, -0.1) is 0 Å². The summed E-state index contributed by atoms with van der Waals surface area (Å²) in [7, 11) is 4.24. The molecule has 140 valence electrons. The third kappa shape index (κ3) is 5.55. The molecule has 0 aromatic heterocycles. The number of carbonyl (C=O) groups is 1. The summed E-state index contributed by atoms with van der Waals surface area (Å²) in [5.41, 5.74) is 3.84. The third-order valence-corrected chi connectivity index (χ3v) is 5.64. The van der Waals surface area contributed by atoms with Crippen LogP contribution in [0.5, 0.6) is 0 Å². The fraction of sp³-hybridized carbons (Fsp3) is 0.667. The molecule has 4 heteroatoms. The number of benzene rings is 1. The summed E-state index contributed by atoms with van der Waals surface area (Å²) in [4.78, 5) is 17.0. The van der Waals surface area contributed by atoms with Crippen molar-refractivity contribution in [2.75, 3.05) is 33.8 Å². The van der Waals surface area contributed by atoms with Crippen molar-refractivity contribution in [3.63, 3.8) is 0 Å². The van der Waals surface area contributed by atoms with Gasteiger partial charge in [0.2, 0.25) is 5.91 Å². The smallest absolute Gasteiger partial charge is 0.222 e. The maximum atomic E-state index is 12.7. The number of rotatable bonds is 7. The molecule has 1 fully saturated rings. The van der Waals surface area contributed by atoms with E-state index in [4.69, 9.17) is 5.11 Å². The zero-order chi connectivity index (χ0) is 18.4. The number of nitrogens with zero attached hydrogens (tertiary/aromatic N) is 2. The largest absolute Gasteiger partial charge is 0.396 e. The molecule has 0 aliphatic carbocycles. The highest BCUT2D eigenvalue weighted by molar-refractivity contribution is 5.76. The SMILES string of the molecule is Cc1ccc(CCC(=O)N2CC[C@H](N(C)C)[C@H](CCCO)C2)cc1C. The first-order chi connectivity index (χ1) is 11.9. The molecule has 25 heavy (non-hydrogen) atoms. The van der Waals surface area contributed by atoms with Gasteiger partial charge in [-0.1, -0.05) is 18.2 Å². The molecule has 1 saturated heterocycles. The number of aliphatic hydroxyl groups is 1. The van der Waals surface area contributed by atoms with Gasteiger partial charge in [-0.05, 0) is 76.2 Å². The van der Waals surface area contributed by atoms with Crippen molar-refractivity contribution in [3.8, 4) is 0 Å². The second kappa shape index (κ2) is 9.35. The zero-order valence-electron chi connectivity index (χ0n) is 16.3. The van der Waals surface area contributed by atoms with E-state index >= 15 is 0 Å². The van der Waals surface area contributed by atoms with Crippen molar-refractivity contribution in [2.24, 2.45) is 5.92 Å². The van der Waals surface area contributed by atoms with Gasteiger partial charge in [-0.25, -0.2) is 0 Å². The van der Waals surface area contributed by atoms with Crippen LogP contribution >= 0.6 is 0 Å².